The van der Waals surface area contributed by atoms with Crippen molar-refractivity contribution in [1.82, 2.24) is 14.8 Å². The molecule has 96 valence electrons. The lowest BCUT2D eigenvalue weighted by atomic mass is 10.2. The van der Waals surface area contributed by atoms with Gasteiger partial charge in [-0.2, -0.15) is 5.10 Å². The maximum absolute atomic E-state index is 6.00. The minimum absolute atomic E-state index is 0.532. The molecule has 0 bridgehead atoms. The minimum atomic E-state index is 0.532. The summed E-state index contributed by atoms with van der Waals surface area (Å²) >= 11 is 11.3. The maximum atomic E-state index is 6.00. The highest BCUT2D eigenvalue weighted by Gasteiger charge is 2.10. The predicted molar refractivity (Wildman–Crippen MR) is 75.7 cm³/mol. The van der Waals surface area contributed by atoms with Gasteiger partial charge in [0.25, 0.3) is 0 Å². The largest absolute Gasteiger partial charge is 0.467 e. The Labute approximate surface area is 119 Å². The van der Waals surface area contributed by atoms with Crippen LogP contribution in [-0.2, 0) is 6.54 Å². The van der Waals surface area contributed by atoms with Crippen molar-refractivity contribution in [2.24, 2.45) is 0 Å². The SMILES string of the molecule is S=c1[nH]nc(-c2cccc(Cl)c2)n1Cc1ccco1. The van der Waals surface area contributed by atoms with Gasteiger partial charge >= 0.3 is 0 Å². The van der Waals surface area contributed by atoms with Crippen molar-refractivity contribution < 1.29 is 4.42 Å². The fourth-order valence-corrected chi connectivity index (χ4v) is 2.26. The summed E-state index contributed by atoms with van der Waals surface area (Å²) in [4.78, 5) is 0. The molecule has 0 aliphatic carbocycles. The number of furan rings is 1. The summed E-state index contributed by atoms with van der Waals surface area (Å²) in [7, 11) is 0. The van der Waals surface area contributed by atoms with Crippen LogP contribution in [0.1, 0.15) is 5.76 Å². The number of aromatic amines is 1. The normalized spacial score (nSPS) is 10.8. The Kier molecular flexibility index (Phi) is 3.23. The van der Waals surface area contributed by atoms with Gasteiger partial charge in [0.2, 0.25) is 0 Å². The molecule has 2 heterocycles. The summed E-state index contributed by atoms with van der Waals surface area (Å²) in [5, 5.41) is 7.71. The zero-order valence-electron chi connectivity index (χ0n) is 9.84. The average molecular weight is 292 g/mol. The molecule has 0 aliphatic heterocycles. The zero-order valence-corrected chi connectivity index (χ0v) is 11.4. The molecule has 2 aromatic heterocycles. The fourth-order valence-electron chi connectivity index (χ4n) is 1.87. The molecule has 0 atom stereocenters. The fraction of sp³-hybridized carbons (Fsp3) is 0.0769. The second-order valence-electron chi connectivity index (χ2n) is 4.03. The van der Waals surface area contributed by atoms with E-state index in [1.54, 1.807) is 6.26 Å². The van der Waals surface area contributed by atoms with Gasteiger partial charge in [-0.3, -0.25) is 9.67 Å². The van der Waals surface area contributed by atoms with Gasteiger partial charge in [-0.15, -0.1) is 0 Å². The first-order valence-corrected chi connectivity index (χ1v) is 6.46. The lowest BCUT2D eigenvalue weighted by Crippen LogP contribution is -2.01. The average Bonchev–Trinajstić information content (AvgIpc) is 3.01. The molecule has 0 saturated heterocycles. The zero-order chi connectivity index (χ0) is 13.2. The van der Waals surface area contributed by atoms with Gasteiger partial charge in [-0.1, -0.05) is 23.7 Å². The van der Waals surface area contributed by atoms with Gasteiger partial charge < -0.3 is 4.42 Å². The Hall–Kier alpha value is -1.85. The second-order valence-corrected chi connectivity index (χ2v) is 4.85. The molecule has 0 amide bonds. The van der Waals surface area contributed by atoms with E-state index in [1.807, 2.05) is 41.0 Å². The van der Waals surface area contributed by atoms with Crippen molar-refractivity contribution in [2.75, 3.05) is 0 Å². The van der Waals surface area contributed by atoms with Crippen LogP contribution in [0, 0.1) is 4.77 Å². The second kappa shape index (κ2) is 5.03. The van der Waals surface area contributed by atoms with E-state index < -0.39 is 0 Å². The number of H-pyrrole nitrogens is 1. The van der Waals surface area contributed by atoms with Crippen LogP contribution in [0.3, 0.4) is 0 Å². The molecule has 1 aromatic carbocycles. The minimum Gasteiger partial charge on any atom is -0.467 e. The van der Waals surface area contributed by atoms with E-state index in [0.29, 0.717) is 16.3 Å². The summed E-state index contributed by atoms with van der Waals surface area (Å²) in [5.41, 5.74) is 0.909. The summed E-state index contributed by atoms with van der Waals surface area (Å²) in [6.45, 7) is 0.532. The van der Waals surface area contributed by atoms with Gasteiger partial charge in [-0.25, -0.2) is 0 Å². The van der Waals surface area contributed by atoms with Crippen LogP contribution in [0.15, 0.2) is 47.1 Å². The van der Waals surface area contributed by atoms with Crippen molar-refractivity contribution >= 4 is 23.8 Å². The third kappa shape index (κ3) is 2.47. The number of hydrogen-bond donors (Lipinski definition) is 1. The first kappa shape index (κ1) is 12.2. The highest BCUT2D eigenvalue weighted by molar-refractivity contribution is 7.71. The summed E-state index contributed by atoms with van der Waals surface area (Å²) in [5.74, 6) is 1.56. The van der Waals surface area contributed by atoms with Crippen molar-refractivity contribution in [3.63, 3.8) is 0 Å². The Morgan fingerprint density at radius 2 is 2.21 bits per heavy atom. The summed E-state index contributed by atoms with van der Waals surface area (Å²) in [6, 6.07) is 11.2. The molecular formula is C13H10ClN3OS. The van der Waals surface area contributed by atoms with Crippen molar-refractivity contribution in [2.45, 2.75) is 6.54 Å². The van der Waals surface area contributed by atoms with E-state index in [9.17, 15) is 0 Å². The van der Waals surface area contributed by atoms with Gasteiger partial charge in [0.15, 0.2) is 10.6 Å². The third-order valence-electron chi connectivity index (χ3n) is 2.74. The van der Waals surface area contributed by atoms with Crippen molar-refractivity contribution in [1.29, 1.82) is 0 Å². The van der Waals surface area contributed by atoms with Crippen LogP contribution in [0.25, 0.3) is 11.4 Å². The molecule has 1 N–H and O–H groups in total. The number of hydrogen-bond acceptors (Lipinski definition) is 3. The Morgan fingerprint density at radius 3 is 2.95 bits per heavy atom. The number of benzene rings is 1. The lowest BCUT2D eigenvalue weighted by molar-refractivity contribution is 0.493. The summed E-state index contributed by atoms with van der Waals surface area (Å²) in [6.07, 6.45) is 1.64. The maximum Gasteiger partial charge on any atom is 0.195 e. The molecule has 3 aromatic rings. The number of rotatable bonds is 3. The first-order valence-electron chi connectivity index (χ1n) is 5.67. The topological polar surface area (TPSA) is 46.8 Å². The Bertz CT molecular complexity index is 745. The molecule has 19 heavy (non-hydrogen) atoms. The van der Waals surface area contributed by atoms with Crippen molar-refractivity contribution in [3.8, 4) is 11.4 Å². The molecule has 0 spiro atoms. The van der Waals surface area contributed by atoms with Crippen LogP contribution >= 0.6 is 23.8 Å². The van der Waals surface area contributed by atoms with E-state index in [2.05, 4.69) is 10.2 Å². The van der Waals surface area contributed by atoms with Crippen LogP contribution in [-0.4, -0.2) is 14.8 Å². The third-order valence-corrected chi connectivity index (χ3v) is 3.28. The van der Waals surface area contributed by atoms with E-state index in [-0.39, 0.29) is 0 Å². The number of nitrogens with zero attached hydrogens (tertiary/aromatic N) is 2. The molecule has 0 saturated carbocycles. The first-order chi connectivity index (χ1) is 9.24. The highest BCUT2D eigenvalue weighted by Crippen LogP contribution is 2.22. The van der Waals surface area contributed by atoms with E-state index in [1.165, 1.54) is 0 Å². The standard InChI is InChI=1S/C13H10ClN3OS/c14-10-4-1-3-9(7-10)12-15-16-13(19)17(12)8-11-5-2-6-18-11/h1-7H,8H2,(H,16,19). The molecule has 0 unspecified atom stereocenters. The van der Waals surface area contributed by atoms with Gasteiger partial charge in [0.05, 0.1) is 12.8 Å². The number of aromatic nitrogens is 3. The molecule has 6 heteroatoms. The van der Waals surface area contributed by atoms with Crippen LogP contribution in [0.4, 0.5) is 0 Å². The monoisotopic (exact) mass is 291 g/mol. The molecule has 4 nitrogen and oxygen atoms in total. The predicted octanol–water partition coefficient (Wildman–Crippen LogP) is 3.90. The van der Waals surface area contributed by atoms with Crippen LogP contribution in [0.5, 0.6) is 0 Å². The lowest BCUT2D eigenvalue weighted by Gasteiger charge is -2.05. The van der Waals surface area contributed by atoms with Gasteiger partial charge in [0.1, 0.15) is 5.76 Å². The smallest absolute Gasteiger partial charge is 0.195 e. The van der Waals surface area contributed by atoms with Crippen LogP contribution < -0.4 is 0 Å². The van der Waals surface area contributed by atoms with Gasteiger partial charge in [0, 0.05) is 10.6 Å². The van der Waals surface area contributed by atoms with E-state index in [4.69, 9.17) is 28.2 Å². The van der Waals surface area contributed by atoms with Gasteiger partial charge in [-0.05, 0) is 36.5 Å². The molecule has 0 radical (unpaired) electrons. The Morgan fingerprint density at radius 1 is 1.32 bits per heavy atom. The molecule has 3 rings (SSSR count). The Balaban J connectivity index is 2.06. The van der Waals surface area contributed by atoms with Crippen LogP contribution in [0.2, 0.25) is 5.02 Å². The van der Waals surface area contributed by atoms with E-state index in [0.717, 1.165) is 17.1 Å². The molecular weight excluding hydrogens is 282 g/mol. The van der Waals surface area contributed by atoms with Crippen molar-refractivity contribution in [3.05, 3.63) is 58.2 Å². The van der Waals surface area contributed by atoms with E-state index >= 15 is 0 Å². The number of nitrogens with one attached hydrogen (secondary N) is 1. The molecule has 0 aliphatic rings. The highest BCUT2D eigenvalue weighted by atomic mass is 35.5. The quantitative estimate of drug-likeness (QED) is 0.744. The summed E-state index contributed by atoms with van der Waals surface area (Å²) < 4.78 is 7.76. The number of halogens is 1. The molecule has 0 fully saturated rings.